The Kier molecular flexibility index (Phi) is 10.9. The van der Waals surface area contributed by atoms with Crippen LogP contribution in [0.15, 0.2) is 42.7 Å². The maximum absolute atomic E-state index is 13.6. The lowest BCUT2D eigenvalue weighted by atomic mass is 10.1. The van der Waals surface area contributed by atoms with Crippen molar-refractivity contribution in [1.29, 1.82) is 0 Å². The maximum atomic E-state index is 13.6. The number of H-pyrrole nitrogens is 1. The quantitative estimate of drug-likeness (QED) is 0.0798. The monoisotopic (exact) mass is 729 g/mol. The summed E-state index contributed by atoms with van der Waals surface area (Å²) in [4.78, 5) is 35.1. The molecule has 1 aliphatic rings. The van der Waals surface area contributed by atoms with Crippen LogP contribution in [-0.4, -0.2) is 98.1 Å². The predicted molar refractivity (Wildman–Crippen MR) is 169 cm³/mol. The SMILES string of the molecule is C=C(CO[P@@]([CH2-])(=O)OC1C(OC)C(COP(=O)(OC)OCCF)OC1n1cnc2c(=O)[nH]c(N)nc21)OC(=C)n1cnc2c(N)ncnc21. The molecule has 6 atom stereocenters. The topological polar surface area (TPSA) is 267 Å². The zero-order chi connectivity index (χ0) is 35.5. The molecule has 49 heavy (non-hydrogen) atoms. The molecule has 0 bridgehead atoms. The lowest BCUT2D eigenvalue weighted by molar-refractivity contribution is -0.0540. The first-order chi connectivity index (χ1) is 23.3. The molecule has 1 saturated heterocycles. The molecule has 4 aromatic rings. The molecule has 0 aromatic carbocycles. The third kappa shape index (κ3) is 7.88. The molecule has 1 fully saturated rings. The number of methoxy groups -OCH3 is 1. The molecule has 5 rings (SSSR count). The number of nitrogens with one attached hydrogen (secondary N) is 1. The Morgan fingerprint density at radius 2 is 1.84 bits per heavy atom. The molecule has 0 saturated carbocycles. The summed E-state index contributed by atoms with van der Waals surface area (Å²) in [6, 6.07) is 0. The number of nitrogens with two attached hydrogens (primary N) is 2. The number of nitrogens with zero attached hydrogens (tertiary/aromatic N) is 7. The van der Waals surface area contributed by atoms with Crippen LogP contribution in [0.25, 0.3) is 28.2 Å². The molecule has 21 nitrogen and oxygen atoms in total. The molecule has 4 aromatic heterocycles. The number of fused-ring (bicyclic) bond motifs is 2. The van der Waals surface area contributed by atoms with Crippen molar-refractivity contribution < 1.29 is 50.3 Å². The molecular weight excluding hydrogens is 697 g/mol. The molecule has 0 amide bonds. The zero-order valence-corrected chi connectivity index (χ0v) is 27.8. The van der Waals surface area contributed by atoms with Gasteiger partial charge in [-0.05, 0) is 6.58 Å². The molecule has 0 radical (unpaired) electrons. The van der Waals surface area contributed by atoms with E-state index in [1.807, 2.05) is 0 Å². The minimum absolute atomic E-state index is 0.0122. The van der Waals surface area contributed by atoms with Crippen LogP contribution >= 0.6 is 15.4 Å². The number of phosphoric acid groups is 1. The average Bonchev–Trinajstić information content (AvgIpc) is 3.77. The molecule has 5 unspecified atom stereocenters. The zero-order valence-electron chi connectivity index (χ0n) is 26.0. The minimum Gasteiger partial charge on any atom is -0.444 e. The van der Waals surface area contributed by atoms with E-state index in [2.05, 4.69) is 49.7 Å². The van der Waals surface area contributed by atoms with Gasteiger partial charge in [0.1, 0.15) is 50.0 Å². The number of anilines is 2. The molecule has 0 aliphatic carbocycles. The molecule has 1 aliphatic heterocycles. The summed E-state index contributed by atoms with van der Waals surface area (Å²) >= 11 is 0. The van der Waals surface area contributed by atoms with Crippen molar-refractivity contribution in [3.63, 3.8) is 0 Å². The Labute approximate surface area is 276 Å². The van der Waals surface area contributed by atoms with E-state index in [1.54, 1.807) is 0 Å². The highest BCUT2D eigenvalue weighted by Crippen LogP contribution is 2.53. The minimum atomic E-state index is -4.28. The normalized spacial score (nSPS) is 21.9. The number of ether oxygens (including phenoxy) is 3. The number of aromatic amines is 1. The van der Waals surface area contributed by atoms with Crippen molar-refractivity contribution in [2.45, 2.75) is 24.5 Å². The Morgan fingerprint density at radius 1 is 1.08 bits per heavy atom. The number of hydrogen-bond donors (Lipinski definition) is 3. The number of rotatable bonds is 17. The van der Waals surface area contributed by atoms with E-state index in [4.69, 9.17) is 48.3 Å². The molecule has 5 heterocycles. The van der Waals surface area contributed by atoms with Crippen molar-refractivity contribution in [3.05, 3.63) is 54.9 Å². The van der Waals surface area contributed by atoms with Gasteiger partial charge in [0.2, 0.25) is 5.95 Å². The first kappa shape index (κ1) is 36.2. The second-order valence-corrected chi connectivity index (χ2v) is 13.5. The van der Waals surface area contributed by atoms with E-state index in [0.29, 0.717) is 11.2 Å². The summed E-state index contributed by atoms with van der Waals surface area (Å²) in [5.41, 5.74) is 11.5. The molecular formula is C25H32FN10O11P2-. The summed E-state index contributed by atoms with van der Waals surface area (Å²) < 4.78 is 85.6. The standard InChI is InChI=1S/C25H32FN10O11P2/c1-13(45-14(2)35-11-31-16-20(27)29-10-30-21(16)35)8-43-48(5,38)47-19-18(40-3)15(9-44-49(39,41-4)42-7-6-26)46-24(19)36-12-32-17-22(36)33-25(28)34-23(17)37/h10-12,15,18-19,24H,1-2,5-9H2,3-4H3,(H2,27,29,30)(H3,28,33,34,37)/q-1/t15?,18?,19?,24?,48-,49?/m1/s1. The summed E-state index contributed by atoms with van der Waals surface area (Å²) in [6.07, 6.45) is -1.05. The van der Waals surface area contributed by atoms with Gasteiger partial charge in [0.15, 0.2) is 47.9 Å². The smallest absolute Gasteiger partial charge is 0.444 e. The Bertz CT molecular complexity index is 2000. The van der Waals surface area contributed by atoms with E-state index < -0.39 is 72.0 Å². The van der Waals surface area contributed by atoms with Gasteiger partial charge in [-0.2, -0.15) is 4.98 Å². The number of hydrogen-bond acceptors (Lipinski definition) is 18. The summed E-state index contributed by atoms with van der Waals surface area (Å²) in [5, 5.41) is 0. The van der Waals surface area contributed by atoms with Crippen LogP contribution in [0.4, 0.5) is 16.2 Å². The van der Waals surface area contributed by atoms with E-state index in [1.165, 1.54) is 35.2 Å². The van der Waals surface area contributed by atoms with Crippen LogP contribution in [0.2, 0.25) is 0 Å². The van der Waals surface area contributed by atoms with E-state index in [9.17, 15) is 18.3 Å². The highest BCUT2D eigenvalue weighted by Gasteiger charge is 2.50. The number of phosphoric ester groups is 1. The van der Waals surface area contributed by atoms with Gasteiger partial charge in [0.05, 0.1) is 19.5 Å². The van der Waals surface area contributed by atoms with E-state index >= 15 is 0 Å². The maximum Gasteiger partial charge on any atom is 0.474 e. The van der Waals surface area contributed by atoms with Gasteiger partial charge in [-0.1, -0.05) is 6.58 Å². The van der Waals surface area contributed by atoms with Crippen molar-refractivity contribution in [2.75, 3.05) is 52.2 Å². The summed E-state index contributed by atoms with van der Waals surface area (Å²) in [7, 11) is -6.16. The summed E-state index contributed by atoms with van der Waals surface area (Å²) in [6.45, 7) is 8.65. The van der Waals surface area contributed by atoms with Gasteiger partial charge < -0.3 is 34.7 Å². The third-order valence-corrected chi connectivity index (χ3v) is 9.33. The van der Waals surface area contributed by atoms with Crippen LogP contribution in [0.3, 0.4) is 0 Å². The predicted octanol–water partition coefficient (Wildman–Crippen LogP) is 2.14. The van der Waals surface area contributed by atoms with Crippen LogP contribution < -0.4 is 17.0 Å². The van der Waals surface area contributed by atoms with E-state index in [-0.39, 0.29) is 34.6 Å². The van der Waals surface area contributed by atoms with Gasteiger partial charge in [0.25, 0.3) is 5.56 Å². The third-order valence-electron chi connectivity index (χ3n) is 6.83. The van der Waals surface area contributed by atoms with E-state index in [0.717, 1.165) is 7.11 Å². The van der Waals surface area contributed by atoms with Crippen LogP contribution in [-0.2, 0) is 46.0 Å². The van der Waals surface area contributed by atoms with Crippen molar-refractivity contribution in [1.82, 2.24) is 39.0 Å². The van der Waals surface area contributed by atoms with Crippen LogP contribution in [0.1, 0.15) is 6.23 Å². The number of alkyl halides is 1. The molecule has 0 spiro atoms. The largest absolute Gasteiger partial charge is 0.474 e. The van der Waals surface area contributed by atoms with Gasteiger partial charge in [0, 0.05) is 14.2 Å². The Balaban J connectivity index is 1.34. The highest BCUT2D eigenvalue weighted by atomic mass is 31.2. The molecule has 266 valence electrons. The lowest BCUT2D eigenvalue weighted by Gasteiger charge is -2.30. The van der Waals surface area contributed by atoms with Gasteiger partial charge in [-0.25, -0.2) is 35.6 Å². The average molecular weight is 730 g/mol. The van der Waals surface area contributed by atoms with Crippen molar-refractivity contribution in [3.8, 4) is 0 Å². The number of aromatic nitrogens is 8. The molecule has 24 heteroatoms. The Morgan fingerprint density at radius 3 is 2.55 bits per heavy atom. The first-order valence-electron chi connectivity index (χ1n) is 14.0. The van der Waals surface area contributed by atoms with Crippen LogP contribution in [0, 0.1) is 6.66 Å². The highest BCUT2D eigenvalue weighted by molar-refractivity contribution is 7.55. The lowest BCUT2D eigenvalue weighted by Crippen LogP contribution is -2.37. The first-order valence-corrected chi connectivity index (χ1v) is 17.2. The fourth-order valence-corrected chi connectivity index (χ4v) is 6.62. The number of halogens is 1. The van der Waals surface area contributed by atoms with Gasteiger partial charge in [-0.3, -0.25) is 37.0 Å². The number of nitrogen functional groups attached to an aromatic ring is 2. The van der Waals surface area contributed by atoms with Gasteiger partial charge >= 0.3 is 7.82 Å². The van der Waals surface area contributed by atoms with Gasteiger partial charge in [-0.15, -0.1) is 0 Å². The second kappa shape index (κ2) is 14.8. The Hall–Kier alpha value is -4.11. The second-order valence-electron chi connectivity index (χ2n) is 10.0. The fraction of sp³-hybridized carbons (Fsp3) is 0.400. The molecule has 5 N–H and O–H groups in total. The van der Waals surface area contributed by atoms with Crippen molar-refractivity contribution >= 4 is 55.4 Å². The van der Waals surface area contributed by atoms with Crippen molar-refractivity contribution in [2.24, 2.45) is 0 Å². The number of imidazole rings is 2. The fourth-order valence-electron chi connectivity index (χ4n) is 4.71. The van der Waals surface area contributed by atoms with Crippen LogP contribution in [0.5, 0.6) is 0 Å². The summed E-state index contributed by atoms with van der Waals surface area (Å²) in [5.74, 6) is -0.120.